The summed E-state index contributed by atoms with van der Waals surface area (Å²) in [7, 11) is 0.137. The molecule has 2 atom stereocenters. The number of ether oxygens (including phenoxy) is 1. The summed E-state index contributed by atoms with van der Waals surface area (Å²) in [6.07, 6.45) is -0.970. The molecule has 0 aromatic heterocycles. The van der Waals surface area contributed by atoms with Gasteiger partial charge in [0.15, 0.2) is 0 Å². The molecule has 0 heterocycles. The molecule has 2 unspecified atom stereocenters. The van der Waals surface area contributed by atoms with Gasteiger partial charge in [0.05, 0.1) is 17.9 Å². The standard InChI is InChI=1S/C16H16O3S/c1-12(20(18)15-6-4-3-5-7-15)16(17)13-8-10-14(19-2)11-9-13/h3-11,16-17H,1H2,2H3. The molecule has 0 saturated carbocycles. The van der Waals surface area contributed by atoms with Crippen molar-refractivity contribution in [3.63, 3.8) is 0 Å². The SMILES string of the molecule is C=C(C(O)c1ccc(OC)cc1)S(=O)c1ccccc1. The number of benzene rings is 2. The molecule has 4 heteroatoms. The lowest BCUT2D eigenvalue weighted by Crippen LogP contribution is -2.06. The summed E-state index contributed by atoms with van der Waals surface area (Å²) in [6, 6.07) is 15.9. The second-order valence-corrected chi connectivity index (χ2v) is 5.76. The first-order valence-corrected chi connectivity index (χ1v) is 7.26. The Balaban J connectivity index is 2.17. The van der Waals surface area contributed by atoms with E-state index in [1.807, 2.05) is 6.07 Å². The van der Waals surface area contributed by atoms with Gasteiger partial charge in [-0.15, -0.1) is 0 Å². The maximum Gasteiger partial charge on any atom is 0.118 e. The van der Waals surface area contributed by atoms with Gasteiger partial charge in [-0.1, -0.05) is 36.9 Å². The maximum atomic E-state index is 12.3. The Morgan fingerprint density at radius 1 is 1.15 bits per heavy atom. The molecule has 104 valence electrons. The van der Waals surface area contributed by atoms with Crippen LogP contribution in [0.3, 0.4) is 0 Å². The zero-order valence-corrected chi connectivity index (χ0v) is 12.0. The number of aliphatic hydroxyl groups is 1. The van der Waals surface area contributed by atoms with Gasteiger partial charge >= 0.3 is 0 Å². The molecule has 3 nitrogen and oxygen atoms in total. The van der Waals surface area contributed by atoms with Crippen LogP contribution < -0.4 is 4.74 Å². The van der Waals surface area contributed by atoms with Crippen molar-refractivity contribution in [3.05, 3.63) is 71.6 Å². The average Bonchev–Trinajstić information content (AvgIpc) is 2.53. The Hall–Kier alpha value is -1.91. The monoisotopic (exact) mass is 288 g/mol. The van der Waals surface area contributed by atoms with Crippen LogP contribution in [0.1, 0.15) is 11.7 Å². The summed E-state index contributed by atoms with van der Waals surface area (Å²) in [5.41, 5.74) is 0.639. The van der Waals surface area contributed by atoms with Crippen LogP contribution in [0, 0.1) is 0 Å². The molecule has 0 spiro atoms. The van der Waals surface area contributed by atoms with Crippen molar-refractivity contribution in [2.24, 2.45) is 0 Å². The van der Waals surface area contributed by atoms with Crippen LogP contribution in [0.4, 0.5) is 0 Å². The van der Waals surface area contributed by atoms with E-state index in [4.69, 9.17) is 4.74 Å². The Morgan fingerprint density at radius 2 is 1.75 bits per heavy atom. The van der Waals surface area contributed by atoms with Crippen LogP contribution in [-0.2, 0) is 10.8 Å². The molecule has 2 aromatic rings. The molecule has 0 bridgehead atoms. The summed E-state index contributed by atoms with van der Waals surface area (Å²) >= 11 is 0. The predicted octanol–water partition coefficient (Wildman–Crippen LogP) is 3.05. The van der Waals surface area contributed by atoms with Gasteiger partial charge in [-0.3, -0.25) is 0 Å². The summed E-state index contributed by atoms with van der Waals surface area (Å²) in [4.78, 5) is 0.895. The fourth-order valence-electron chi connectivity index (χ4n) is 1.77. The van der Waals surface area contributed by atoms with E-state index in [2.05, 4.69) is 6.58 Å². The lowest BCUT2D eigenvalue weighted by molar-refractivity contribution is 0.224. The third-order valence-electron chi connectivity index (χ3n) is 2.93. The molecular weight excluding hydrogens is 272 g/mol. The molecule has 1 N–H and O–H groups in total. The van der Waals surface area contributed by atoms with Gasteiger partial charge < -0.3 is 9.84 Å². The smallest absolute Gasteiger partial charge is 0.118 e. The minimum atomic E-state index is -1.44. The van der Waals surface area contributed by atoms with Gasteiger partial charge in [-0.25, -0.2) is 4.21 Å². The normalized spacial score (nSPS) is 13.5. The summed E-state index contributed by atoms with van der Waals surface area (Å²) < 4.78 is 17.4. The van der Waals surface area contributed by atoms with Crippen molar-refractivity contribution in [3.8, 4) is 5.75 Å². The molecule has 20 heavy (non-hydrogen) atoms. The van der Waals surface area contributed by atoms with E-state index >= 15 is 0 Å². The van der Waals surface area contributed by atoms with E-state index in [-0.39, 0.29) is 4.91 Å². The lowest BCUT2D eigenvalue weighted by atomic mass is 10.1. The second kappa shape index (κ2) is 6.50. The van der Waals surface area contributed by atoms with Crippen LogP contribution in [0.25, 0.3) is 0 Å². The Bertz CT molecular complexity index is 605. The van der Waals surface area contributed by atoms with Crippen LogP contribution in [0.2, 0.25) is 0 Å². The zero-order chi connectivity index (χ0) is 14.5. The first kappa shape index (κ1) is 14.5. The molecular formula is C16H16O3S. The fourth-order valence-corrected chi connectivity index (χ4v) is 2.81. The molecule has 0 radical (unpaired) electrons. The molecule has 0 aliphatic carbocycles. The lowest BCUT2D eigenvalue weighted by Gasteiger charge is -2.14. The van der Waals surface area contributed by atoms with Crippen molar-refractivity contribution in [1.82, 2.24) is 0 Å². The third-order valence-corrected chi connectivity index (χ3v) is 4.33. The van der Waals surface area contributed by atoms with Crippen LogP contribution in [-0.4, -0.2) is 16.4 Å². The Kier molecular flexibility index (Phi) is 4.71. The first-order chi connectivity index (χ1) is 9.63. The van der Waals surface area contributed by atoms with Gasteiger partial charge in [-0.2, -0.15) is 0 Å². The van der Waals surface area contributed by atoms with Crippen molar-refractivity contribution in [1.29, 1.82) is 0 Å². The zero-order valence-electron chi connectivity index (χ0n) is 11.2. The molecule has 2 aromatic carbocycles. The topological polar surface area (TPSA) is 46.5 Å². The molecule has 2 rings (SSSR count). The predicted molar refractivity (Wildman–Crippen MR) is 79.9 cm³/mol. The van der Waals surface area contributed by atoms with Crippen molar-refractivity contribution >= 4 is 10.8 Å². The summed E-state index contributed by atoms with van der Waals surface area (Å²) in [5.74, 6) is 0.704. The maximum absolute atomic E-state index is 12.3. The van der Waals surface area contributed by atoms with Gasteiger partial charge in [0.2, 0.25) is 0 Å². The minimum absolute atomic E-state index is 0.265. The van der Waals surface area contributed by atoms with Crippen LogP contribution in [0.5, 0.6) is 5.75 Å². The molecule has 0 aliphatic heterocycles. The molecule has 0 aliphatic rings. The van der Waals surface area contributed by atoms with Crippen molar-refractivity contribution in [2.75, 3.05) is 7.11 Å². The average molecular weight is 288 g/mol. The van der Waals surface area contributed by atoms with Gasteiger partial charge in [0.25, 0.3) is 0 Å². The van der Waals surface area contributed by atoms with Crippen molar-refractivity contribution in [2.45, 2.75) is 11.0 Å². The number of hydrogen-bond acceptors (Lipinski definition) is 3. The highest BCUT2D eigenvalue weighted by atomic mass is 32.2. The van der Waals surface area contributed by atoms with Crippen LogP contribution in [0.15, 0.2) is 71.0 Å². The quantitative estimate of drug-likeness (QED) is 0.920. The highest BCUT2D eigenvalue weighted by Gasteiger charge is 2.18. The highest BCUT2D eigenvalue weighted by molar-refractivity contribution is 7.89. The fraction of sp³-hybridized carbons (Fsp3) is 0.125. The Labute approximate surface area is 121 Å². The summed E-state index contributed by atoms with van der Waals surface area (Å²) in [6.45, 7) is 3.77. The Morgan fingerprint density at radius 3 is 2.30 bits per heavy atom. The van der Waals surface area contributed by atoms with Crippen molar-refractivity contribution < 1.29 is 14.1 Å². The summed E-state index contributed by atoms with van der Waals surface area (Å²) in [5, 5.41) is 10.3. The van der Waals surface area contributed by atoms with E-state index in [0.717, 1.165) is 0 Å². The minimum Gasteiger partial charge on any atom is -0.497 e. The molecule has 0 fully saturated rings. The highest BCUT2D eigenvalue weighted by Crippen LogP contribution is 2.27. The van der Waals surface area contributed by atoms with Gasteiger partial charge in [0, 0.05) is 9.80 Å². The molecule has 0 saturated heterocycles. The van der Waals surface area contributed by atoms with E-state index in [1.54, 1.807) is 55.6 Å². The number of aliphatic hydroxyl groups excluding tert-OH is 1. The van der Waals surface area contributed by atoms with E-state index in [1.165, 1.54) is 0 Å². The van der Waals surface area contributed by atoms with Gasteiger partial charge in [0.1, 0.15) is 11.9 Å². The van der Waals surface area contributed by atoms with Gasteiger partial charge in [-0.05, 0) is 29.8 Å². The first-order valence-electron chi connectivity index (χ1n) is 6.11. The number of hydrogen-bond donors (Lipinski definition) is 1. The largest absolute Gasteiger partial charge is 0.497 e. The molecule has 0 amide bonds. The number of rotatable bonds is 5. The number of methoxy groups -OCH3 is 1. The van der Waals surface area contributed by atoms with E-state index in [9.17, 15) is 9.32 Å². The van der Waals surface area contributed by atoms with E-state index < -0.39 is 16.9 Å². The second-order valence-electron chi connectivity index (χ2n) is 4.22. The van der Waals surface area contributed by atoms with Crippen LogP contribution >= 0.6 is 0 Å². The third kappa shape index (κ3) is 3.15. The van der Waals surface area contributed by atoms with E-state index in [0.29, 0.717) is 16.2 Å².